The van der Waals surface area contributed by atoms with Gasteiger partial charge in [-0.1, -0.05) is 0 Å². The van der Waals surface area contributed by atoms with Gasteiger partial charge in [0.05, 0.1) is 5.88 Å². The molecule has 62 valence electrons. The summed E-state index contributed by atoms with van der Waals surface area (Å²) in [5.74, 6) is 0.805. The molecule has 0 saturated carbocycles. The molecular weight excluding hydrogens is 176 g/mol. The molecule has 0 aliphatic heterocycles. The van der Waals surface area contributed by atoms with Gasteiger partial charge in [-0.25, -0.2) is 4.98 Å². The Hall–Kier alpha value is -1.09. The summed E-state index contributed by atoms with van der Waals surface area (Å²) < 4.78 is 5.27. The summed E-state index contributed by atoms with van der Waals surface area (Å²) in [7, 11) is 0. The average molecular weight is 183 g/mol. The van der Waals surface area contributed by atoms with Gasteiger partial charge >= 0.3 is 0 Å². The molecule has 12 heavy (non-hydrogen) atoms. The normalized spacial score (nSPS) is 10.8. The van der Waals surface area contributed by atoms with E-state index in [0.717, 1.165) is 5.69 Å². The lowest BCUT2D eigenvalue weighted by atomic mass is 10.4. The minimum Gasteiger partial charge on any atom is -0.438 e. The molecule has 0 aliphatic rings. The van der Waals surface area contributed by atoms with Gasteiger partial charge in [0.2, 0.25) is 5.89 Å². The Balaban J connectivity index is 2.67. The van der Waals surface area contributed by atoms with Crippen molar-refractivity contribution < 1.29 is 4.42 Å². The van der Waals surface area contributed by atoms with Crippen LogP contribution in [0.15, 0.2) is 16.5 Å². The van der Waals surface area contributed by atoms with Gasteiger partial charge in [-0.15, -0.1) is 11.6 Å². The smallest absolute Gasteiger partial charge is 0.211 e. The maximum atomic E-state index is 5.55. The Morgan fingerprint density at radius 2 is 2.25 bits per heavy atom. The number of hydrogen-bond donors (Lipinski definition) is 0. The maximum Gasteiger partial charge on any atom is 0.211 e. The Kier molecular flexibility index (Phi) is 1.73. The lowest BCUT2D eigenvalue weighted by molar-refractivity contribution is 0.555. The Morgan fingerprint density at radius 1 is 1.42 bits per heavy atom. The van der Waals surface area contributed by atoms with Crippen LogP contribution in [0.3, 0.4) is 0 Å². The fourth-order valence-electron chi connectivity index (χ4n) is 1.02. The first-order valence-corrected chi connectivity index (χ1v) is 4.12. The van der Waals surface area contributed by atoms with Crippen molar-refractivity contribution in [3.8, 4) is 0 Å². The third-order valence-electron chi connectivity index (χ3n) is 1.55. The number of halogens is 1. The quantitative estimate of drug-likeness (QED) is 0.635. The zero-order valence-corrected chi connectivity index (χ0v) is 7.30. The second kappa shape index (κ2) is 2.75. The van der Waals surface area contributed by atoms with Crippen LogP contribution in [0.5, 0.6) is 0 Å². The zero-order valence-electron chi connectivity index (χ0n) is 6.54. The molecule has 3 nitrogen and oxygen atoms in total. The van der Waals surface area contributed by atoms with E-state index in [1.165, 1.54) is 0 Å². The molecule has 2 rings (SSSR count). The fourth-order valence-corrected chi connectivity index (χ4v) is 1.13. The number of aromatic nitrogens is 2. The van der Waals surface area contributed by atoms with E-state index in [1.807, 2.05) is 19.1 Å². The van der Waals surface area contributed by atoms with Crippen LogP contribution in [0.4, 0.5) is 0 Å². The van der Waals surface area contributed by atoms with Crippen LogP contribution >= 0.6 is 11.6 Å². The molecule has 0 unspecified atom stereocenters. The molecule has 0 bridgehead atoms. The third kappa shape index (κ3) is 1.16. The Bertz CT molecular complexity index is 410. The summed E-state index contributed by atoms with van der Waals surface area (Å²) in [5.41, 5.74) is 2.25. The predicted octanol–water partition coefficient (Wildman–Crippen LogP) is 2.27. The summed E-state index contributed by atoms with van der Waals surface area (Å²) in [6.45, 7) is 1.91. The lowest BCUT2D eigenvalue weighted by Crippen LogP contribution is -1.80. The molecule has 0 N–H and O–H groups in total. The number of alkyl halides is 1. The van der Waals surface area contributed by atoms with Gasteiger partial charge in [0, 0.05) is 5.69 Å². The monoisotopic (exact) mass is 182 g/mol. The first-order chi connectivity index (χ1) is 5.79. The van der Waals surface area contributed by atoms with Crippen molar-refractivity contribution in [2.24, 2.45) is 0 Å². The second-order valence-electron chi connectivity index (χ2n) is 2.52. The highest BCUT2D eigenvalue weighted by atomic mass is 35.5. The van der Waals surface area contributed by atoms with Crippen LogP contribution in [0.1, 0.15) is 11.6 Å². The molecule has 2 aromatic rings. The molecule has 2 aromatic heterocycles. The highest BCUT2D eigenvalue weighted by Crippen LogP contribution is 2.14. The van der Waals surface area contributed by atoms with Crippen LogP contribution in [0.25, 0.3) is 11.2 Å². The van der Waals surface area contributed by atoms with Crippen LogP contribution in [0.2, 0.25) is 0 Å². The summed E-state index contributed by atoms with van der Waals surface area (Å²) >= 11 is 5.55. The Morgan fingerprint density at radius 3 is 3.00 bits per heavy atom. The average Bonchev–Trinajstić information content (AvgIpc) is 2.46. The van der Waals surface area contributed by atoms with E-state index in [1.54, 1.807) is 0 Å². The largest absolute Gasteiger partial charge is 0.438 e. The molecule has 0 spiro atoms. The number of rotatable bonds is 1. The van der Waals surface area contributed by atoms with E-state index < -0.39 is 0 Å². The Labute approximate surface area is 74.4 Å². The van der Waals surface area contributed by atoms with Crippen molar-refractivity contribution in [3.05, 3.63) is 23.7 Å². The zero-order chi connectivity index (χ0) is 8.55. The molecule has 0 radical (unpaired) electrons. The van der Waals surface area contributed by atoms with Crippen LogP contribution in [-0.2, 0) is 5.88 Å². The van der Waals surface area contributed by atoms with Gasteiger partial charge in [-0.3, -0.25) is 0 Å². The molecule has 0 amide bonds. The number of nitrogens with zero attached hydrogens (tertiary/aromatic N) is 2. The second-order valence-corrected chi connectivity index (χ2v) is 2.78. The van der Waals surface area contributed by atoms with Gasteiger partial charge < -0.3 is 4.42 Å². The van der Waals surface area contributed by atoms with Gasteiger partial charge in [0.1, 0.15) is 0 Å². The topological polar surface area (TPSA) is 38.9 Å². The van der Waals surface area contributed by atoms with E-state index in [2.05, 4.69) is 9.97 Å². The van der Waals surface area contributed by atoms with E-state index in [9.17, 15) is 0 Å². The van der Waals surface area contributed by atoms with Crippen molar-refractivity contribution in [3.63, 3.8) is 0 Å². The molecular formula is C8H7ClN2O. The maximum absolute atomic E-state index is 5.55. The summed E-state index contributed by atoms with van der Waals surface area (Å²) in [6.07, 6.45) is 0. The first kappa shape index (κ1) is 7.55. The highest BCUT2D eigenvalue weighted by Gasteiger charge is 2.04. The van der Waals surface area contributed by atoms with E-state index >= 15 is 0 Å². The molecule has 0 saturated heterocycles. The molecule has 0 fully saturated rings. The number of hydrogen-bond acceptors (Lipinski definition) is 3. The SMILES string of the molecule is Cc1ccc2oc(CCl)nc2n1. The number of aryl methyl sites for hydroxylation is 1. The fraction of sp³-hybridized carbons (Fsp3) is 0.250. The van der Waals surface area contributed by atoms with Crippen molar-refractivity contribution in [1.82, 2.24) is 9.97 Å². The standard InChI is InChI=1S/C8H7ClN2O/c1-5-2-3-6-8(10-5)11-7(4-9)12-6/h2-3H,4H2,1H3. The molecule has 0 aliphatic carbocycles. The van der Waals surface area contributed by atoms with Crippen LogP contribution in [0, 0.1) is 6.92 Å². The number of oxazole rings is 1. The van der Waals surface area contributed by atoms with Crippen LogP contribution in [-0.4, -0.2) is 9.97 Å². The molecule has 0 atom stereocenters. The van der Waals surface area contributed by atoms with E-state index in [-0.39, 0.29) is 5.88 Å². The van der Waals surface area contributed by atoms with Gasteiger partial charge in [0.25, 0.3) is 0 Å². The van der Waals surface area contributed by atoms with Gasteiger partial charge in [0.15, 0.2) is 11.2 Å². The summed E-state index contributed by atoms with van der Waals surface area (Å²) in [5, 5.41) is 0. The van der Waals surface area contributed by atoms with Gasteiger partial charge in [-0.05, 0) is 19.1 Å². The predicted molar refractivity (Wildman–Crippen MR) is 46.1 cm³/mol. The lowest BCUT2D eigenvalue weighted by Gasteiger charge is -1.86. The minimum absolute atomic E-state index is 0.287. The number of pyridine rings is 1. The van der Waals surface area contributed by atoms with E-state index in [0.29, 0.717) is 17.1 Å². The van der Waals surface area contributed by atoms with Crippen molar-refractivity contribution in [1.29, 1.82) is 0 Å². The minimum atomic E-state index is 0.287. The first-order valence-electron chi connectivity index (χ1n) is 3.58. The molecule has 4 heteroatoms. The summed E-state index contributed by atoms with van der Waals surface area (Å²) in [4.78, 5) is 8.26. The van der Waals surface area contributed by atoms with Gasteiger partial charge in [-0.2, -0.15) is 4.98 Å². The molecule has 2 heterocycles. The third-order valence-corrected chi connectivity index (χ3v) is 1.78. The van der Waals surface area contributed by atoms with Crippen molar-refractivity contribution in [2.75, 3.05) is 0 Å². The molecule has 0 aromatic carbocycles. The van der Waals surface area contributed by atoms with Crippen molar-refractivity contribution in [2.45, 2.75) is 12.8 Å². The summed E-state index contributed by atoms with van der Waals surface area (Å²) in [6, 6.07) is 3.73. The van der Waals surface area contributed by atoms with Crippen molar-refractivity contribution >= 4 is 22.8 Å². The number of fused-ring (bicyclic) bond motifs is 1. The highest BCUT2D eigenvalue weighted by molar-refractivity contribution is 6.16. The van der Waals surface area contributed by atoms with Crippen LogP contribution < -0.4 is 0 Å². The van der Waals surface area contributed by atoms with E-state index in [4.69, 9.17) is 16.0 Å².